The van der Waals surface area contributed by atoms with E-state index >= 15 is 0 Å². The molecule has 0 fully saturated rings. The second-order valence-corrected chi connectivity index (χ2v) is 6.83. The number of hydrogen-bond acceptors (Lipinski definition) is 8. The molecule has 0 unspecified atom stereocenters. The van der Waals surface area contributed by atoms with Crippen LogP contribution in [0, 0.1) is 5.92 Å². The van der Waals surface area contributed by atoms with Gasteiger partial charge in [-0.15, -0.1) is 0 Å². The van der Waals surface area contributed by atoms with E-state index in [0.29, 0.717) is 12.3 Å². The molecule has 1 amide bonds. The maximum atomic E-state index is 11.9. The van der Waals surface area contributed by atoms with Crippen LogP contribution >= 0.6 is 0 Å². The second kappa shape index (κ2) is 16.4. The summed E-state index contributed by atoms with van der Waals surface area (Å²) >= 11 is 0. The fourth-order valence-electron chi connectivity index (χ4n) is 2.31. The van der Waals surface area contributed by atoms with Crippen LogP contribution in [0.5, 0.6) is 0 Å². The Kier molecular flexibility index (Phi) is 14.7. The molecule has 32 heavy (non-hydrogen) atoms. The molecular formula is C20H28BN4O7. The number of carboxylic acid groups (broad SMARTS) is 2. The number of aromatic nitrogens is 2. The highest BCUT2D eigenvalue weighted by Crippen LogP contribution is 2.04. The lowest BCUT2D eigenvalue weighted by molar-refractivity contribution is -0.140. The van der Waals surface area contributed by atoms with Gasteiger partial charge in [0.05, 0.1) is 6.20 Å². The van der Waals surface area contributed by atoms with Crippen LogP contribution in [0.25, 0.3) is 0 Å². The Balaban J connectivity index is 0.000000672. The Bertz CT molecular complexity index is 810. The van der Waals surface area contributed by atoms with Crippen molar-refractivity contribution in [3.63, 3.8) is 0 Å². The third-order valence-electron chi connectivity index (χ3n) is 3.72. The van der Waals surface area contributed by atoms with Gasteiger partial charge in [-0.2, -0.15) is 0 Å². The monoisotopic (exact) mass is 447 g/mol. The average Bonchev–Trinajstić information content (AvgIpc) is 2.75. The molecule has 0 aliphatic carbocycles. The predicted octanol–water partition coefficient (Wildman–Crippen LogP) is -0.148. The van der Waals surface area contributed by atoms with Gasteiger partial charge in [0.2, 0.25) is 0 Å². The standard InChI is InChI=1S/C14H13N3O3.C6H13NO2.BH2O2/c18-13(12-9-15-6-7-16-12)17-11(14(19)20)8-10-4-2-1-3-5-10;1-4(2)3-5(7)6(8)9;2-1-3/h1-7,9,11H,8H2,(H,17,18)(H,19,20);4-5H,3,7H2,1-2H3,(H,8,9);2-3H/t11-;5-;/m00./s1. The zero-order chi connectivity index (χ0) is 24.5. The normalized spacial score (nSPS) is 11.6. The molecular weight excluding hydrogens is 419 g/mol. The van der Waals surface area contributed by atoms with Gasteiger partial charge in [-0.3, -0.25) is 14.6 Å². The molecule has 173 valence electrons. The first-order valence-corrected chi connectivity index (χ1v) is 9.54. The summed E-state index contributed by atoms with van der Waals surface area (Å²) in [7, 11) is 0. The Labute approximate surface area is 186 Å². The molecule has 2 aromatic rings. The Morgan fingerprint density at radius 1 is 1.06 bits per heavy atom. The number of rotatable bonds is 8. The van der Waals surface area contributed by atoms with Crippen LogP contribution < -0.4 is 11.1 Å². The molecule has 0 saturated carbocycles. The number of carbonyl (C=O) groups excluding carboxylic acids is 1. The van der Waals surface area contributed by atoms with Gasteiger partial charge in [0, 0.05) is 18.8 Å². The van der Waals surface area contributed by atoms with Crippen molar-refractivity contribution in [2.24, 2.45) is 11.7 Å². The maximum Gasteiger partial charge on any atom is 0.482 e. The van der Waals surface area contributed by atoms with Crippen molar-refractivity contribution in [3.05, 3.63) is 60.2 Å². The number of nitrogens with one attached hydrogen (secondary N) is 1. The smallest absolute Gasteiger partial charge is 0.480 e. The summed E-state index contributed by atoms with van der Waals surface area (Å²) < 4.78 is 0. The van der Waals surface area contributed by atoms with E-state index in [1.165, 1.54) is 18.6 Å². The van der Waals surface area contributed by atoms with Crippen molar-refractivity contribution in [3.8, 4) is 0 Å². The fourth-order valence-corrected chi connectivity index (χ4v) is 2.31. The van der Waals surface area contributed by atoms with Crippen LogP contribution in [0.4, 0.5) is 0 Å². The van der Waals surface area contributed by atoms with Crippen molar-refractivity contribution in [2.75, 3.05) is 0 Å². The molecule has 7 N–H and O–H groups in total. The van der Waals surface area contributed by atoms with Crippen LogP contribution in [0.2, 0.25) is 0 Å². The zero-order valence-corrected chi connectivity index (χ0v) is 17.8. The van der Waals surface area contributed by atoms with Gasteiger partial charge >= 0.3 is 19.6 Å². The lowest BCUT2D eigenvalue weighted by atomic mass is 10.1. The Hall–Kier alpha value is -3.35. The van der Waals surface area contributed by atoms with E-state index in [9.17, 15) is 19.5 Å². The molecule has 0 aliphatic heterocycles. The molecule has 12 heteroatoms. The molecule has 2 rings (SSSR count). The molecule has 2 atom stereocenters. The first-order chi connectivity index (χ1) is 15.1. The first kappa shape index (κ1) is 28.7. The molecule has 0 spiro atoms. The Morgan fingerprint density at radius 2 is 1.66 bits per heavy atom. The number of aliphatic carboxylic acids is 2. The third-order valence-corrected chi connectivity index (χ3v) is 3.72. The minimum Gasteiger partial charge on any atom is -0.480 e. The Morgan fingerprint density at radius 3 is 2.06 bits per heavy atom. The predicted molar refractivity (Wildman–Crippen MR) is 116 cm³/mol. The number of nitrogens with zero attached hydrogens (tertiary/aromatic N) is 2. The maximum absolute atomic E-state index is 11.9. The summed E-state index contributed by atoms with van der Waals surface area (Å²) in [5, 5.41) is 33.9. The van der Waals surface area contributed by atoms with Gasteiger partial charge in [0.1, 0.15) is 17.8 Å². The number of carboxylic acids is 2. The topological polar surface area (TPSA) is 196 Å². The highest BCUT2D eigenvalue weighted by atomic mass is 16.4. The van der Waals surface area contributed by atoms with E-state index in [-0.39, 0.29) is 19.8 Å². The number of nitrogens with two attached hydrogens (primary N) is 1. The van der Waals surface area contributed by atoms with E-state index < -0.39 is 29.9 Å². The lowest BCUT2D eigenvalue weighted by Crippen LogP contribution is -2.42. The first-order valence-electron chi connectivity index (χ1n) is 9.54. The van der Waals surface area contributed by atoms with E-state index in [1.54, 1.807) is 0 Å². The lowest BCUT2D eigenvalue weighted by Gasteiger charge is -2.14. The van der Waals surface area contributed by atoms with Crippen molar-refractivity contribution in [1.82, 2.24) is 15.3 Å². The number of hydrogen-bond donors (Lipinski definition) is 6. The van der Waals surface area contributed by atoms with Gasteiger partial charge in [-0.25, -0.2) is 9.78 Å². The largest absolute Gasteiger partial charge is 0.482 e. The van der Waals surface area contributed by atoms with Crippen molar-refractivity contribution in [1.29, 1.82) is 0 Å². The van der Waals surface area contributed by atoms with E-state index in [4.69, 9.17) is 20.9 Å². The highest BCUT2D eigenvalue weighted by Gasteiger charge is 2.21. The summed E-state index contributed by atoms with van der Waals surface area (Å²) in [6.07, 6.45) is 4.87. The van der Waals surface area contributed by atoms with Crippen LogP contribution in [0.15, 0.2) is 48.9 Å². The second-order valence-electron chi connectivity index (χ2n) is 6.83. The summed E-state index contributed by atoms with van der Waals surface area (Å²) in [5.41, 5.74) is 6.14. The molecule has 11 nitrogen and oxygen atoms in total. The van der Waals surface area contributed by atoms with Crippen molar-refractivity contribution < 1.29 is 34.6 Å². The molecule has 1 heterocycles. The third kappa shape index (κ3) is 13.1. The highest BCUT2D eigenvalue weighted by molar-refractivity contribution is 6.13. The SMILES string of the molecule is CC(C)C[C@H](N)C(=O)O.O=C(N[C@@H](Cc1ccccc1)C(=O)O)c1cnccn1.O[B]O. The summed E-state index contributed by atoms with van der Waals surface area (Å²) in [5.74, 6) is -2.20. The van der Waals surface area contributed by atoms with E-state index in [0.717, 1.165) is 5.56 Å². The zero-order valence-electron chi connectivity index (χ0n) is 17.8. The molecule has 1 radical (unpaired) electrons. The van der Waals surface area contributed by atoms with Crippen LogP contribution in [0.1, 0.15) is 36.3 Å². The fraction of sp³-hybridized carbons (Fsp3) is 0.350. The minimum atomic E-state index is -1.09. The number of benzene rings is 1. The molecule has 1 aromatic carbocycles. The minimum absolute atomic E-state index is 0. The molecule has 0 saturated heterocycles. The number of carbonyl (C=O) groups is 3. The van der Waals surface area contributed by atoms with Crippen LogP contribution in [-0.4, -0.2) is 67.8 Å². The summed E-state index contributed by atoms with van der Waals surface area (Å²) in [6, 6.07) is 7.40. The molecule has 0 bridgehead atoms. The van der Waals surface area contributed by atoms with Gasteiger partial charge in [-0.05, 0) is 17.9 Å². The number of amides is 1. The van der Waals surface area contributed by atoms with Gasteiger partial charge in [0.25, 0.3) is 5.91 Å². The van der Waals surface area contributed by atoms with Crippen LogP contribution in [0.3, 0.4) is 0 Å². The van der Waals surface area contributed by atoms with E-state index in [2.05, 4.69) is 15.3 Å². The van der Waals surface area contributed by atoms with Gasteiger partial charge in [0.15, 0.2) is 0 Å². The average molecular weight is 447 g/mol. The molecule has 1 aromatic heterocycles. The summed E-state index contributed by atoms with van der Waals surface area (Å²) in [6.45, 7) is 3.89. The van der Waals surface area contributed by atoms with Gasteiger partial charge < -0.3 is 31.3 Å². The quantitative estimate of drug-likeness (QED) is 0.296. The van der Waals surface area contributed by atoms with E-state index in [1.807, 2.05) is 44.2 Å². The van der Waals surface area contributed by atoms with Crippen LogP contribution in [-0.2, 0) is 16.0 Å². The van der Waals surface area contributed by atoms with Crippen molar-refractivity contribution >= 4 is 25.5 Å². The molecule has 0 aliphatic rings. The van der Waals surface area contributed by atoms with Crippen molar-refractivity contribution in [2.45, 2.75) is 38.8 Å². The van der Waals surface area contributed by atoms with Gasteiger partial charge in [-0.1, -0.05) is 44.2 Å². The summed E-state index contributed by atoms with van der Waals surface area (Å²) in [4.78, 5) is 40.8.